The molecule has 162 valence electrons. The van der Waals surface area contributed by atoms with E-state index in [9.17, 15) is 4.79 Å². The second kappa shape index (κ2) is 8.23. The van der Waals surface area contributed by atoms with E-state index >= 15 is 0 Å². The molecule has 0 unspecified atom stereocenters. The van der Waals surface area contributed by atoms with Crippen molar-refractivity contribution in [2.75, 3.05) is 36.9 Å². The average molecular weight is 420 g/mol. The highest BCUT2D eigenvalue weighted by Gasteiger charge is 2.26. The molecule has 0 saturated carbocycles. The average Bonchev–Trinajstić information content (AvgIpc) is 2.94. The molecular formula is C24H29N5O2. The van der Waals surface area contributed by atoms with Crippen LogP contribution in [0.4, 0.5) is 11.4 Å². The predicted molar refractivity (Wildman–Crippen MR) is 122 cm³/mol. The highest BCUT2D eigenvalue weighted by molar-refractivity contribution is 5.98. The lowest BCUT2D eigenvalue weighted by Crippen LogP contribution is -2.38. The molecule has 0 bridgehead atoms. The number of hydrogen-bond donors (Lipinski definition) is 1. The Labute approximate surface area is 182 Å². The number of carbonyl (C=O) groups excluding carboxylic acids is 1. The van der Waals surface area contributed by atoms with E-state index in [0.717, 1.165) is 59.4 Å². The molecule has 2 aromatic heterocycles. The first-order valence-electron chi connectivity index (χ1n) is 11.2. The van der Waals surface area contributed by atoms with Crippen molar-refractivity contribution in [1.82, 2.24) is 14.3 Å². The van der Waals surface area contributed by atoms with Crippen molar-refractivity contribution in [1.29, 1.82) is 0 Å². The Balaban J connectivity index is 1.61. The molecule has 7 nitrogen and oxygen atoms in total. The van der Waals surface area contributed by atoms with Crippen molar-refractivity contribution in [3.63, 3.8) is 0 Å². The molecule has 5 rings (SSSR count). The van der Waals surface area contributed by atoms with Crippen molar-refractivity contribution < 1.29 is 9.53 Å². The number of carbonyl (C=O) groups is 1. The fraction of sp³-hybridized carbons (Fsp3) is 0.417. The number of hydrogen-bond acceptors (Lipinski definition) is 5. The maximum Gasteiger partial charge on any atom is 0.265 e. The van der Waals surface area contributed by atoms with Crippen LogP contribution in [0.3, 0.4) is 0 Å². The Morgan fingerprint density at radius 2 is 1.90 bits per heavy atom. The van der Waals surface area contributed by atoms with E-state index in [1.165, 1.54) is 25.7 Å². The molecule has 0 aliphatic carbocycles. The van der Waals surface area contributed by atoms with Crippen molar-refractivity contribution in [2.24, 2.45) is 0 Å². The molecule has 1 saturated heterocycles. The van der Waals surface area contributed by atoms with Gasteiger partial charge in [0, 0.05) is 30.5 Å². The molecule has 2 aliphatic heterocycles. The molecule has 2 N–H and O–H groups in total. The van der Waals surface area contributed by atoms with Gasteiger partial charge in [0.1, 0.15) is 11.4 Å². The van der Waals surface area contributed by atoms with Crippen molar-refractivity contribution in [3.8, 4) is 17.0 Å². The third-order valence-electron chi connectivity index (χ3n) is 6.30. The van der Waals surface area contributed by atoms with Gasteiger partial charge in [-0.1, -0.05) is 12.8 Å². The van der Waals surface area contributed by atoms with Gasteiger partial charge in [-0.3, -0.25) is 9.69 Å². The molecule has 31 heavy (non-hydrogen) atoms. The Morgan fingerprint density at radius 3 is 2.68 bits per heavy atom. The smallest absolute Gasteiger partial charge is 0.265 e. The van der Waals surface area contributed by atoms with E-state index in [4.69, 9.17) is 15.5 Å². The van der Waals surface area contributed by atoms with Crippen LogP contribution in [-0.4, -0.2) is 46.4 Å². The summed E-state index contributed by atoms with van der Waals surface area (Å²) < 4.78 is 7.78. The highest BCUT2D eigenvalue weighted by atomic mass is 16.5. The highest BCUT2D eigenvalue weighted by Crippen LogP contribution is 2.37. The minimum atomic E-state index is -0.0142. The van der Waals surface area contributed by atoms with Crippen molar-refractivity contribution >= 4 is 22.9 Å². The number of rotatable bonds is 4. The Morgan fingerprint density at radius 1 is 1.10 bits per heavy atom. The molecule has 3 aromatic rings. The van der Waals surface area contributed by atoms with Gasteiger partial charge in [0.2, 0.25) is 0 Å². The third kappa shape index (κ3) is 3.74. The summed E-state index contributed by atoms with van der Waals surface area (Å²) in [7, 11) is 0. The number of nitrogen functional groups attached to an aromatic ring is 1. The zero-order valence-corrected chi connectivity index (χ0v) is 18.0. The fourth-order valence-electron chi connectivity index (χ4n) is 4.69. The number of imidazole rings is 1. The number of nitrogens with two attached hydrogens (primary N) is 1. The molecule has 1 aromatic carbocycles. The predicted octanol–water partition coefficient (Wildman–Crippen LogP) is 3.70. The Bertz CT molecular complexity index is 1110. The maximum atomic E-state index is 12.3. The summed E-state index contributed by atoms with van der Waals surface area (Å²) in [4.78, 5) is 21.6. The minimum absolute atomic E-state index is 0.0142. The molecule has 2 aliphatic rings. The topological polar surface area (TPSA) is 76.1 Å². The van der Waals surface area contributed by atoms with Gasteiger partial charge in [0.25, 0.3) is 5.91 Å². The summed E-state index contributed by atoms with van der Waals surface area (Å²) in [6.07, 6.45) is 7.03. The van der Waals surface area contributed by atoms with Gasteiger partial charge in [-0.15, -0.1) is 0 Å². The summed E-state index contributed by atoms with van der Waals surface area (Å²) in [5.74, 6) is 0.729. The fourth-order valence-corrected chi connectivity index (χ4v) is 4.69. The van der Waals surface area contributed by atoms with Crippen LogP contribution in [0, 0.1) is 0 Å². The number of fused-ring (bicyclic) bond motifs is 2. The number of aromatic nitrogens is 2. The lowest BCUT2D eigenvalue weighted by Gasteiger charge is -2.28. The molecule has 0 atom stereocenters. The monoisotopic (exact) mass is 419 g/mol. The van der Waals surface area contributed by atoms with E-state index in [1.807, 2.05) is 43.5 Å². The standard InChI is InChI=1S/C24H29N5O2/c1-2-28-19-13-17(7-9-21(19)31-16-23(28)30)24-20(15-27-11-5-3-4-6-12-27)29-14-18(25)8-10-22(29)26-24/h7-10,13-14H,2-6,11-12,15-16,25H2,1H3. The van der Waals surface area contributed by atoms with Crippen LogP contribution >= 0.6 is 0 Å². The lowest BCUT2D eigenvalue weighted by atomic mass is 10.1. The number of benzene rings is 1. The lowest BCUT2D eigenvalue weighted by molar-refractivity contribution is -0.121. The van der Waals surface area contributed by atoms with Crippen molar-refractivity contribution in [3.05, 3.63) is 42.2 Å². The number of likely N-dealkylation sites (N-methyl/N-ethyl adjacent to an activating group) is 1. The van der Waals surface area contributed by atoms with Gasteiger partial charge in [0.05, 0.1) is 17.1 Å². The first-order chi connectivity index (χ1) is 15.1. The van der Waals surface area contributed by atoms with Gasteiger partial charge >= 0.3 is 0 Å². The second-order valence-electron chi connectivity index (χ2n) is 8.40. The van der Waals surface area contributed by atoms with Gasteiger partial charge in [-0.25, -0.2) is 4.98 Å². The molecule has 0 spiro atoms. The number of pyridine rings is 1. The van der Waals surface area contributed by atoms with Gasteiger partial charge in [-0.05, 0) is 63.2 Å². The molecule has 7 heteroatoms. The maximum absolute atomic E-state index is 12.3. The first kappa shape index (κ1) is 19.9. The normalized spacial score (nSPS) is 17.5. The Hall–Kier alpha value is -3.06. The SMILES string of the molecule is CCN1C(=O)COc2ccc(-c3nc4ccc(N)cn4c3CN3CCCCCC3)cc21. The number of nitrogens with zero attached hydrogens (tertiary/aromatic N) is 4. The molecule has 0 radical (unpaired) electrons. The summed E-state index contributed by atoms with van der Waals surface area (Å²) in [6.45, 7) is 5.72. The first-order valence-corrected chi connectivity index (χ1v) is 11.2. The number of ether oxygens (including phenoxy) is 1. The van der Waals surface area contributed by atoms with E-state index in [1.54, 1.807) is 4.90 Å². The number of amides is 1. The summed E-state index contributed by atoms with van der Waals surface area (Å²) in [5.41, 5.74) is 11.6. The van der Waals surface area contributed by atoms with Gasteiger partial charge in [0.15, 0.2) is 6.61 Å². The van der Waals surface area contributed by atoms with Crippen LogP contribution in [0.15, 0.2) is 36.5 Å². The van der Waals surface area contributed by atoms with Gasteiger partial charge in [-0.2, -0.15) is 0 Å². The van der Waals surface area contributed by atoms with E-state index < -0.39 is 0 Å². The molecular weight excluding hydrogens is 390 g/mol. The summed E-state index contributed by atoms with van der Waals surface area (Å²) in [6, 6.07) is 9.88. The largest absolute Gasteiger partial charge is 0.482 e. The van der Waals surface area contributed by atoms with E-state index in [0.29, 0.717) is 6.54 Å². The van der Waals surface area contributed by atoms with Crippen LogP contribution in [0.25, 0.3) is 16.9 Å². The molecule has 1 fully saturated rings. The number of anilines is 2. The zero-order chi connectivity index (χ0) is 21.4. The summed E-state index contributed by atoms with van der Waals surface area (Å²) >= 11 is 0. The van der Waals surface area contributed by atoms with Crippen LogP contribution < -0.4 is 15.4 Å². The zero-order valence-electron chi connectivity index (χ0n) is 18.0. The van der Waals surface area contributed by atoms with Gasteiger partial charge < -0.3 is 19.8 Å². The Kier molecular flexibility index (Phi) is 5.28. The van der Waals surface area contributed by atoms with Crippen molar-refractivity contribution in [2.45, 2.75) is 39.2 Å². The molecule has 4 heterocycles. The van der Waals surface area contributed by atoms with Crippen LogP contribution in [0.1, 0.15) is 38.3 Å². The second-order valence-corrected chi connectivity index (χ2v) is 8.40. The minimum Gasteiger partial charge on any atom is -0.482 e. The third-order valence-corrected chi connectivity index (χ3v) is 6.30. The van der Waals surface area contributed by atoms with E-state index in [2.05, 4.69) is 9.30 Å². The van der Waals surface area contributed by atoms with E-state index in [-0.39, 0.29) is 12.5 Å². The quantitative estimate of drug-likeness (QED) is 0.698. The number of likely N-dealkylation sites (tertiary alicyclic amines) is 1. The van der Waals surface area contributed by atoms with Crippen LogP contribution in [0.2, 0.25) is 0 Å². The molecule has 1 amide bonds. The van der Waals surface area contributed by atoms with Crippen LogP contribution in [0.5, 0.6) is 5.75 Å². The van der Waals surface area contributed by atoms with Crippen LogP contribution in [-0.2, 0) is 11.3 Å². The summed E-state index contributed by atoms with van der Waals surface area (Å²) in [5, 5.41) is 0.